The number of ether oxygens (including phenoxy) is 1. The molecule has 0 unspecified atom stereocenters. The average Bonchev–Trinajstić information content (AvgIpc) is 2.79. The molecule has 6 heteroatoms. The minimum atomic E-state index is -0.186. The number of nitrogens with zero attached hydrogens (tertiary/aromatic N) is 1. The SMILES string of the molecule is COc1ccc(-c2cc(C(=O)NCc3ccc(Cl)c(Cl)c3)c3ccccc3n2)cc1. The van der Waals surface area contributed by atoms with E-state index in [1.165, 1.54) is 0 Å². The first kappa shape index (κ1) is 20.2. The molecular formula is C24H18Cl2N2O2. The van der Waals surface area contributed by atoms with Crippen LogP contribution in [0.3, 0.4) is 0 Å². The Balaban J connectivity index is 1.67. The number of amides is 1. The van der Waals surface area contributed by atoms with E-state index in [1.54, 1.807) is 19.2 Å². The van der Waals surface area contributed by atoms with E-state index in [0.717, 1.165) is 33.5 Å². The molecule has 0 saturated heterocycles. The maximum Gasteiger partial charge on any atom is 0.252 e. The van der Waals surface area contributed by atoms with Crippen molar-refractivity contribution in [3.05, 3.63) is 94.0 Å². The first-order valence-corrected chi connectivity index (χ1v) is 10.1. The van der Waals surface area contributed by atoms with Crippen LogP contribution in [0, 0.1) is 0 Å². The Bertz CT molecular complexity index is 1220. The first-order chi connectivity index (χ1) is 14.5. The smallest absolute Gasteiger partial charge is 0.252 e. The number of pyridine rings is 1. The van der Waals surface area contributed by atoms with Crippen LogP contribution in [-0.2, 0) is 6.54 Å². The molecule has 1 N–H and O–H groups in total. The highest BCUT2D eigenvalue weighted by Gasteiger charge is 2.14. The van der Waals surface area contributed by atoms with Gasteiger partial charge in [0.15, 0.2) is 0 Å². The summed E-state index contributed by atoms with van der Waals surface area (Å²) in [4.78, 5) is 17.8. The molecule has 0 aliphatic heterocycles. The van der Waals surface area contributed by atoms with Crippen molar-refractivity contribution in [2.24, 2.45) is 0 Å². The van der Waals surface area contributed by atoms with Crippen molar-refractivity contribution in [1.29, 1.82) is 0 Å². The van der Waals surface area contributed by atoms with Gasteiger partial charge >= 0.3 is 0 Å². The molecule has 0 bridgehead atoms. The van der Waals surface area contributed by atoms with E-state index in [4.69, 9.17) is 32.9 Å². The van der Waals surface area contributed by atoms with Crippen molar-refractivity contribution in [1.82, 2.24) is 10.3 Å². The van der Waals surface area contributed by atoms with Gasteiger partial charge in [-0.2, -0.15) is 0 Å². The summed E-state index contributed by atoms with van der Waals surface area (Å²) in [6, 6.07) is 22.3. The van der Waals surface area contributed by atoms with Gasteiger partial charge in [-0.3, -0.25) is 4.79 Å². The lowest BCUT2D eigenvalue weighted by molar-refractivity contribution is 0.0952. The number of para-hydroxylation sites is 1. The lowest BCUT2D eigenvalue weighted by Gasteiger charge is -2.11. The second-order valence-electron chi connectivity index (χ2n) is 6.73. The number of hydrogen-bond acceptors (Lipinski definition) is 3. The quantitative estimate of drug-likeness (QED) is 0.408. The Labute approximate surface area is 184 Å². The highest BCUT2D eigenvalue weighted by atomic mass is 35.5. The van der Waals surface area contributed by atoms with Gasteiger partial charge < -0.3 is 10.1 Å². The highest BCUT2D eigenvalue weighted by molar-refractivity contribution is 6.42. The van der Waals surface area contributed by atoms with Crippen molar-refractivity contribution >= 4 is 40.0 Å². The molecule has 0 saturated carbocycles. The minimum absolute atomic E-state index is 0.186. The molecule has 150 valence electrons. The maximum absolute atomic E-state index is 13.0. The number of hydrogen-bond donors (Lipinski definition) is 1. The van der Waals surface area contributed by atoms with Gasteiger partial charge in [0.05, 0.1) is 33.9 Å². The van der Waals surface area contributed by atoms with Gasteiger partial charge in [0.1, 0.15) is 5.75 Å². The predicted octanol–water partition coefficient (Wildman–Crippen LogP) is 6.15. The number of methoxy groups -OCH3 is 1. The van der Waals surface area contributed by atoms with Crippen molar-refractivity contribution in [2.75, 3.05) is 7.11 Å². The topological polar surface area (TPSA) is 51.2 Å². The molecule has 0 atom stereocenters. The summed E-state index contributed by atoms with van der Waals surface area (Å²) in [7, 11) is 1.62. The number of benzene rings is 3. The lowest BCUT2D eigenvalue weighted by Crippen LogP contribution is -2.23. The van der Waals surface area contributed by atoms with Gasteiger partial charge in [0, 0.05) is 17.5 Å². The third-order valence-electron chi connectivity index (χ3n) is 4.78. The summed E-state index contributed by atoms with van der Waals surface area (Å²) < 4.78 is 5.22. The number of fused-ring (bicyclic) bond motifs is 1. The van der Waals surface area contributed by atoms with Crippen LogP contribution in [0.5, 0.6) is 5.75 Å². The fraction of sp³-hybridized carbons (Fsp3) is 0.0833. The van der Waals surface area contributed by atoms with Crippen LogP contribution in [-0.4, -0.2) is 18.0 Å². The van der Waals surface area contributed by atoms with Crippen LogP contribution in [0.15, 0.2) is 72.8 Å². The van der Waals surface area contributed by atoms with Crippen LogP contribution >= 0.6 is 23.2 Å². The second-order valence-corrected chi connectivity index (χ2v) is 7.55. The summed E-state index contributed by atoms with van der Waals surface area (Å²) in [6.45, 7) is 0.338. The molecule has 0 aliphatic carbocycles. The standard InChI is InChI=1S/C24H18Cl2N2O2/c1-30-17-9-7-16(8-10-17)23-13-19(18-4-2-3-5-22(18)28-23)24(29)27-14-15-6-11-20(25)21(26)12-15/h2-13H,14H2,1H3,(H,27,29). The Morgan fingerprint density at radius 3 is 2.47 bits per heavy atom. The molecule has 4 nitrogen and oxygen atoms in total. The van der Waals surface area contributed by atoms with Crippen molar-refractivity contribution in [3.63, 3.8) is 0 Å². The van der Waals surface area contributed by atoms with Crippen LogP contribution in [0.2, 0.25) is 10.0 Å². The number of halogens is 2. The highest BCUT2D eigenvalue weighted by Crippen LogP contribution is 2.27. The van der Waals surface area contributed by atoms with Gasteiger partial charge in [-0.25, -0.2) is 4.98 Å². The average molecular weight is 437 g/mol. The third-order valence-corrected chi connectivity index (χ3v) is 5.52. The Hall–Kier alpha value is -3.08. The molecule has 0 aliphatic rings. The predicted molar refractivity (Wildman–Crippen MR) is 121 cm³/mol. The zero-order valence-corrected chi connectivity index (χ0v) is 17.7. The van der Waals surface area contributed by atoms with Gasteiger partial charge in [0.25, 0.3) is 5.91 Å². The number of aromatic nitrogens is 1. The summed E-state index contributed by atoms with van der Waals surface area (Å²) in [6.07, 6.45) is 0. The molecule has 0 radical (unpaired) electrons. The molecule has 3 aromatic carbocycles. The Morgan fingerprint density at radius 1 is 0.967 bits per heavy atom. The maximum atomic E-state index is 13.0. The Kier molecular flexibility index (Phi) is 5.88. The third kappa shape index (κ3) is 4.25. The van der Waals surface area contributed by atoms with Crippen LogP contribution in [0.4, 0.5) is 0 Å². The molecule has 1 heterocycles. The van der Waals surface area contributed by atoms with Gasteiger partial charge in [-0.05, 0) is 54.1 Å². The van der Waals surface area contributed by atoms with E-state index in [1.807, 2.05) is 60.7 Å². The van der Waals surface area contributed by atoms with E-state index in [0.29, 0.717) is 22.2 Å². The molecule has 0 spiro atoms. The van der Waals surface area contributed by atoms with Crippen molar-refractivity contribution in [3.8, 4) is 17.0 Å². The van der Waals surface area contributed by atoms with E-state index in [9.17, 15) is 4.79 Å². The van der Waals surface area contributed by atoms with E-state index >= 15 is 0 Å². The summed E-state index contributed by atoms with van der Waals surface area (Å²) in [5.41, 5.74) is 3.81. The van der Waals surface area contributed by atoms with Gasteiger partial charge in [0.2, 0.25) is 0 Å². The number of nitrogens with one attached hydrogen (secondary N) is 1. The largest absolute Gasteiger partial charge is 0.497 e. The van der Waals surface area contributed by atoms with Crippen molar-refractivity contribution < 1.29 is 9.53 Å². The molecule has 0 fully saturated rings. The first-order valence-electron chi connectivity index (χ1n) is 9.31. The van der Waals surface area contributed by atoms with E-state index < -0.39 is 0 Å². The number of carbonyl (C=O) groups is 1. The van der Waals surface area contributed by atoms with E-state index in [-0.39, 0.29) is 5.91 Å². The zero-order chi connectivity index (χ0) is 21.1. The summed E-state index contributed by atoms with van der Waals surface area (Å²) >= 11 is 12.0. The molecule has 30 heavy (non-hydrogen) atoms. The molecular weight excluding hydrogens is 419 g/mol. The van der Waals surface area contributed by atoms with Gasteiger partial charge in [-0.15, -0.1) is 0 Å². The van der Waals surface area contributed by atoms with Crippen LogP contribution < -0.4 is 10.1 Å². The molecule has 4 rings (SSSR count). The summed E-state index contributed by atoms with van der Waals surface area (Å²) in [5.74, 6) is 0.577. The number of rotatable bonds is 5. The number of carbonyl (C=O) groups excluding carboxylic acids is 1. The normalized spacial score (nSPS) is 10.8. The van der Waals surface area contributed by atoms with Gasteiger partial charge in [-0.1, -0.05) is 47.5 Å². The molecule has 1 amide bonds. The fourth-order valence-electron chi connectivity index (χ4n) is 3.20. The minimum Gasteiger partial charge on any atom is -0.497 e. The summed E-state index contributed by atoms with van der Waals surface area (Å²) in [5, 5.41) is 4.70. The van der Waals surface area contributed by atoms with Crippen LogP contribution in [0.25, 0.3) is 22.2 Å². The monoisotopic (exact) mass is 436 g/mol. The molecule has 1 aromatic heterocycles. The van der Waals surface area contributed by atoms with Crippen LogP contribution in [0.1, 0.15) is 15.9 Å². The van der Waals surface area contributed by atoms with E-state index in [2.05, 4.69) is 5.32 Å². The van der Waals surface area contributed by atoms with Crippen molar-refractivity contribution in [2.45, 2.75) is 6.54 Å². The second kappa shape index (κ2) is 8.74. The fourth-order valence-corrected chi connectivity index (χ4v) is 3.52. The molecule has 4 aromatic rings. The zero-order valence-electron chi connectivity index (χ0n) is 16.2. The lowest BCUT2D eigenvalue weighted by atomic mass is 10.0. The Morgan fingerprint density at radius 2 is 1.73 bits per heavy atom.